The second-order valence-electron chi connectivity index (χ2n) is 9.00. The smallest absolute Gasteiger partial charge is 0.256 e. The molecule has 0 aliphatic carbocycles. The number of amides is 3. The van der Waals surface area contributed by atoms with Crippen LogP contribution in [-0.4, -0.2) is 65.7 Å². The molecule has 0 saturated carbocycles. The molecule has 3 aliphatic heterocycles. The number of hydrogen-bond acceptors (Lipinski definition) is 4. The van der Waals surface area contributed by atoms with Crippen LogP contribution < -0.4 is 10.6 Å². The minimum atomic E-state index is -0.199. The van der Waals surface area contributed by atoms with Crippen molar-refractivity contribution in [2.45, 2.75) is 32.6 Å². The maximum absolute atomic E-state index is 13.3. The van der Waals surface area contributed by atoms with Crippen LogP contribution >= 0.6 is 0 Å². The molecule has 0 radical (unpaired) electrons. The monoisotopic (exact) mass is 447 g/mol. The first-order valence-corrected chi connectivity index (χ1v) is 11.7. The molecule has 172 valence electrons. The summed E-state index contributed by atoms with van der Waals surface area (Å²) in [5.41, 5.74) is 5.88. The zero-order chi connectivity index (χ0) is 22.9. The van der Waals surface area contributed by atoms with Gasteiger partial charge in [-0.05, 0) is 62.7 Å². The van der Waals surface area contributed by atoms with E-state index in [1.807, 2.05) is 17.9 Å². The Morgan fingerprint density at radius 1 is 1.09 bits per heavy atom. The lowest BCUT2D eigenvalue weighted by molar-refractivity contribution is -0.110. The number of carbonyl (C=O) groups excluding carboxylic acids is 3. The predicted molar refractivity (Wildman–Crippen MR) is 128 cm³/mol. The Kier molecular flexibility index (Phi) is 5.76. The van der Waals surface area contributed by atoms with E-state index in [1.165, 1.54) is 19.3 Å². The number of fused-ring (bicyclic) bond motifs is 2. The molecule has 3 amide bonds. The highest BCUT2D eigenvalue weighted by Crippen LogP contribution is 2.36. The van der Waals surface area contributed by atoms with Crippen LogP contribution in [0.4, 0.5) is 11.4 Å². The van der Waals surface area contributed by atoms with E-state index in [2.05, 4.69) is 20.5 Å². The molecule has 1 aromatic carbocycles. The summed E-state index contributed by atoms with van der Waals surface area (Å²) < 4.78 is 0. The van der Waals surface area contributed by atoms with Gasteiger partial charge in [0.1, 0.15) is 0 Å². The van der Waals surface area contributed by atoms with Gasteiger partial charge in [-0.15, -0.1) is 0 Å². The van der Waals surface area contributed by atoms with Crippen LogP contribution in [0.5, 0.6) is 0 Å². The number of piperidine rings is 1. The molecular formula is C25H29N5O3. The van der Waals surface area contributed by atoms with Crippen LogP contribution in [0, 0.1) is 6.92 Å². The molecule has 33 heavy (non-hydrogen) atoms. The topological polar surface area (TPSA) is 97.5 Å². The summed E-state index contributed by atoms with van der Waals surface area (Å²) in [4.78, 5) is 44.6. The number of likely N-dealkylation sites (tertiary alicyclic amines) is 1. The fraction of sp³-hybridized carbons (Fsp3) is 0.400. The van der Waals surface area contributed by atoms with Crippen molar-refractivity contribution in [3.63, 3.8) is 0 Å². The summed E-state index contributed by atoms with van der Waals surface area (Å²) in [5, 5.41) is 5.49. The number of H-pyrrole nitrogens is 1. The van der Waals surface area contributed by atoms with E-state index in [9.17, 15) is 14.4 Å². The fourth-order valence-electron chi connectivity index (χ4n) is 5.10. The lowest BCUT2D eigenvalue weighted by Crippen LogP contribution is -2.43. The molecule has 4 heterocycles. The van der Waals surface area contributed by atoms with Gasteiger partial charge in [0.15, 0.2) is 0 Å². The van der Waals surface area contributed by atoms with Gasteiger partial charge in [-0.25, -0.2) is 0 Å². The van der Waals surface area contributed by atoms with Crippen LogP contribution in [-0.2, 0) is 16.0 Å². The number of hydrogen-bond donors (Lipinski definition) is 3. The quantitative estimate of drug-likeness (QED) is 0.469. The number of aromatic nitrogens is 1. The van der Waals surface area contributed by atoms with E-state index in [1.54, 1.807) is 18.2 Å². The van der Waals surface area contributed by atoms with Crippen LogP contribution in [0.2, 0.25) is 0 Å². The van der Waals surface area contributed by atoms with Crippen molar-refractivity contribution in [1.82, 2.24) is 14.8 Å². The maximum atomic E-state index is 13.3. The summed E-state index contributed by atoms with van der Waals surface area (Å²) in [6, 6.07) is 5.29. The van der Waals surface area contributed by atoms with Gasteiger partial charge in [0.2, 0.25) is 6.41 Å². The van der Waals surface area contributed by atoms with E-state index < -0.39 is 0 Å². The fourth-order valence-corrected chi connectivity index (χ4v) is 5.10. The van der Waals surface area contributed by atoms with Gasteiger partial charge in [-0.3, -0.25) is 14.4 Å². The molecule has 1 fully saturated rings. The van der Waals surface area contributed by atoms with Gasteiger partial charge in [-0.2, -0.15) is 0 Å². The van der Waals surface area contributed by atoms with Crippen LogP contribution in [0.25, 0.3) is 11.6 Å². The van der Waals surface area contributed by atoms with E-state index >= 15 is 0 Å². The molecule has 8 heteroatoms. The van der Waals surface area contributed by atoms with Gasteiger partial charge in [0.25, 0.3) is 11.8 Å². The highest BCUT2D eigenvalue weighted by atomic mass is 16.2. The largest absolute Gasteiger partial charge is 0.358 e. The number of rotatable bonds is 6. The Hall–Kier alpha value is -3.39. The van der Waals surface area contributed by atoms with Gasteiger partial charge < -0.3 is 25.4 Å². The van der Waals surface area contributed by atoms with Gasteiger partial charge in [-0.1, -0.05) is 6.42 Å². The molecule has 0 bridgehead atoms. The SMILES string of the molecule is Cc1c(/C=C2\C(=O)Nc3ccc(NC=O)cc32)[nH]c2c1C(=O)N(CCN1CCCCC1)CC2. The van der Waals surface area contributed by atoms with E-state index in [4.69, 9.17) is 0 Å². The number of benzene rings is 1. The molecule has 5 rings (SSSR count). The Morgan fingerprint density at radius 3 is 2.70 bits per heavy atom. The van der Waals surface area contributed by atoms with Gasteiger partial charge in [0.05, 0.1) is 11.1 Å². The third-order valence-electron chi connectivity index (χ3n) is 6.95. The Morgan fingerprint density at radius 2 is 1.91 bits per heavy atom. The Bertz CT molecular complexity index is 1140. The summed E-state index contributed by atoms with van der Waals surface area (Å²) in [6.45, 7) is 6.58. The lowest BCUT2D eigenvalue weighted by Gasteiger charge is -2.32. The van der Waals surface area contributed by atoms with Crippen molar-refractivity contribution in [3.8, 4) is 0 Å². The van der Waals surface area contributed by atoms with E-state index in [-0.39, 0.29) is 11.8 Å². The van der Waals surface area contributed by atoms with Crippen molar-refractivity contribution in [1.29, 1.82) is 0 Å². The third kappa shape index (κ3) is 4.06. The minimum Gasteiger partial charge on any atom is -0.358 e. The third-order valence-corrected chi connectivity index (χ3v) is 6.95. The maximum Gasteiger partial charge on any atom is 0.256 e. The second kappa shape index (κ2) is 8.86. The molecule has 1 saturated heterocycles. The van der Waals surface area contributed by atoms with Gasteiger partial charge in [0, 0.05) is 54.4 Å². The average Bonchev–Trinajstić information content (AvgIpc) is 3.31. The summed E-state index contributed by atoms with van der Waals surface area (Å²) in [5.74, 6) is -0.130. The zero-order valence-electron chi connectivity index (χ0n) is 18.9. The van der Waals surface area contributed by atoms with E-state index in [0.29, 0.717) is 29.9 Å². The Labute approximate surface area is 193 Å². The molecule has 3 N–H and O–H groups in total. The standard InChI is InChI=1S/C25H29N5O3/c1-16-22(14-19-18-13-17(26-15-31)5-6-20(18)28-24(19)32)27-21-7-10-30(25(33)23(16)21)12-11-29-8-3-2-4-9-29/h5-6,13-15,27H,2-4,7-12H2,1H3,(H,26,31)(H,28,32)/b19-14-. The van der Waals surface area contributed by atoms with E-state index in [0.717, 1.165) is 60.7 Å². The summed E-state index contributed by atoms with van der Waals surface area (Å²) >= 11 is 0. The summed E-state index contributed by atoms with van der Waals surface area (Å²) in [7, 11) is 0. The summed E-state index contributed by atoms with van der Waals surface area (Å²) in [6.07, 6.45) is 7.00. The average molecular weight is 448 g/mol. The van der Waals surface area contributed by atoms with Crippen molar-refractivity contribution in [2.24, 2.45) is 0 Å². The highest BCUT2D eigenvalue weighted by molar-refractivity contribution is 6.35. The van der Waals surface area contributed by atoms with Crippen LogP contribution in [0.3, 0.4) is 0 Å². The first kappa shape index (κ1) is 21.5. The molecule has 0 unspecified atom stereocenters. The van der Waals surface area contributed by atoms with Crippen molar-refractivity contribution in [2.75, 3.05) is 43.4 Å². The zero-order valence-corrected chi connectivity index (χ0v) is 18.9. The second-order valence-corrected chi connectivity index (χ2v) is 9.00. The number of aromatic amines is 1. The van der Waals surface area contributed by atoms with Crippen molar-refractivity contribution >= 4 is 41.2 Å². The lowest BCUT2D eigenvalue weighted by atomic mass is 10.0. The first-order valence-electron chi connectivity index (χ1n) is 11.7. The number of anilines is 2. The molecule has 1 aromatic heterocycles. The van der Waals surface area contributed by atoms with Crippen LogP contribution in [0.15, 0.2) is 18.2 Å². The molecule has 0 spiro atoms. The normalized spacial score (nSPS) is 19.4. The first-order chi connectivity index (χ1) is 16.0. The van der Waals surface area contributed by atoms with Crippen LogP contribution in [0.1, 0.15) is 52.1 Å². The number of nitrogens with one attached hydrogen (secondary N) is 3. The molecular weight excluding hydrogens is 418 g/mol. The van der Waals surface area contributed by atoms with Crippen molar-refractivity contribution in [3.05, 3.63) is 46.3 Å². The Balaban J connectivity index is 1.39. The molecule has 0 atom stereocenters. The van der Waals surface area contributed by atoms with Crippen molar-refractivity contribution < 1.29 is 14.4 Å². The van der Waals surface area contributed by atoms with Gasteiger partial charge >= 0.3 is 0 Å². The molecule has 3 aliphatic rings. The highest BCUT2D eigenvalue weighted by Gasteiger charge is 2.30. The predicted octanol–water partition coefficient (Wildman–Crippen LogP) is 2.87. The minimum absolute atomic E-state index is 0.0698. The number of carbonyl (C=O) groups is 3. The molecule has 8 nitrogen and oxygen atoms in total. The number of nitrogens with zero attached hydrogens (tertiary/aromatic N) is 2. The molecule has 2 aromatic rings.